The Bertz CT molecular complexity index is 813. The van der Waals surface area contributed by atoms with Crippen molar-refractivity contribution in [1.29, 1.82) is 0 Å². The Labute approximate surface area is 120 Å². The van der Waals surface area contributed by atoms with Crippen LogP contribution in [0.1, 0.15) is 10.6 Å². The van der Waals surface area contributed by atoms with Crippen LogP contribution in [0.15, 0.2) is 36.5 Å². The van der Waals surface area contributed by atoms with Gasteiger partial charge >= 0.3 is 5.97 Å². The van der Waals surface area contributed by atoms with Crippen LogP contribution < -0.4 is 4.74 Å². The molecule has 0 saturated carbocycles. The van der Waals surface area contributed by atoms with E-state index in [2.05, 4.69) is 19.8 Å². The molecule has 0 aliphatic heterocycles. The lowest BCUT2D eigenvalue weighted by Crippen LogP contribution is -2.04. The summed E-state index contributed by atoms with van der Waals surface area (Å²) in [5.74, 6) is 0.373. The first-order valence-electron chi connectivity index (χ1n) is 6.18. The number of nitrogens with zero attached hydrogens (tertiary/aromatic N) is 4. The third-order valence-electron chi connectivity index (χ3n) is 2.99. The van der Waals surface area contributed by atoms with Gasteiger partial charge in [0.1, 0.15) is 5.75 Å². The van der Waals surface area contributed by atoms with E-state index < -0.39 is 5.97 Å². The third-order valence-corrected chi connectivity index (χ3v) is 2.99. The molecule has 0 saturated heterocycles. The summed E-state index contributed by atoms with van der Waals surface area (Å²) >= 11 is 0. The zero-order valence-electron chi connectivity index (χ0n) is 11.5. The van der Waals surface area contributed by atoms with Gasteiger partial charge in [0, 0.05) is 11.8 Å². The highest BCUT2D eigenvalue weighted by atomic mass is 16.5. The number of benzene rings is 1. The van der Waals surface area contributed by atoms with Crippen LogP contribution in [0, 0.1) is 0 Å². The van der Waals surface area contributed by atoms with E-state index in [9.17, 15) is 4.79 Å². The number of rotatable bonds is 3. The van der Waals surface area contributed by atoms with Gasteiger partial charge in [-0.3, -0.25) is 0 Å². The number of carbonyl (C=O) groups is 1. The van der Waals surface area contributed by atoms with E-state index in [4.69, 9.17) is 4.74 Å². The SMILES string of the molecule is COC(=O)c1nc2nccc(-c3ccccc3OC)n2n1. The van der Waals surface area contributed by atoms with Crippen molar-refractivity contribution in [2.24, 2.45) is 0 Å². The van der Waals surface area contributed by atoms with E-state index in [-0.39, 0.29) is 5.82 Å². The van der Waals surface area contributed by atoms with Gasteiger partial charge in [-0.05, 0) is 18.2 Å². The number of esters is 1. The first kappa shape index (κ1) is 13.0. The summed E-state index contributed by atoms with van der Waals surface area (Å²) < 4.78 is 11.5. The number of hydrogen-bond acceptors (Lipinski definition) is 6. The van der Waals surface area contributed by atoms with Crippen molar-refractivity contribution in [2.45, 2.75) is 0 Å². The van der Waals surface area contributed by atoms with Crippen molar-refractivity contribution < 1.29 is 14.3 Å². The standard InChI is InChI=1S/C14H12N4O3/c1-20-11-6-4-3-5-9(11)10-7-8-15-14-16-12(13(19)21-2)17-18(10)14/h3-8H,1-2H3. The molecule has 0 aliphatic rings. The number of ether oxygens (including phenoxy) is 2. The van der Waals surface area contributed by atoms with Gasteiger partial charge in [0.25, 0.3) is 11.6 Å². The lowest BCUT2D eigenvalue weighted by molar-refractivity contribution is 0.0587. The fraction of sp³-hybridized carbons (Fsp3) is 0.143. The quantitative estimate of drug-likeness (QED) is 0.679. The molecule has 1 aromatic carbocycles. The molecule has 7 heteroatoms. The summed E-state index contributed by atoms with van der Waals surface area (Å²) in [4.78, 5) is 19.7. The number of hydrogen-bond donors (Lipinski definition) is 0. The molecule has 3 rings (SSSR count). The van der Waals surface area contributed by atoms with Crippen molar-refractivity contribution in [2.75, 3.05) is 14.2 Å². The number of para-hydroxylation sites is 1. The van der Waals surface area contributed by atoms with E-state index in [1.807, 2.05) is 24.3 Å². The summed E-state index contributed by atoms with van der Waals surface area (Å²) in [7, 11) is 2.88. The van der Waals surface area contributed by atoms with E-state index in [1.165, 1.54) is 11.6 Å². The van der Waals surface area contributed by atoms with Crippen molar-refractivity contribution in [3.05, 3.63) is 42.4 Å². The Kier molecular flexibility index (Phi) is 3.23. The predicted octanol–water partition coefficient (Wildman–Crippen LogP) is 1.59. The van der Waals surface area contributed by atoms with Gasteiger partial charge in [-0.1, -0.05) is 12.1 Å². The normalized spacial score (nSPS) is 10.6. The third kappa shape index (κ3) is 2.18. The fourth-order valence-corrected chi connectivity index (χ4v) is 2.03. The maximum Gasteiger partial charge on any atom is 0.378 e. The number of aromatic nitrogens is 4. The predicted molar refractivity (Wildman–Crippen MR) is 74.1 cm³/mol. The Morgan fingerprint density at radius 3 is 2.76 bits per heavy atom. The molecule has 106 valence electrons. The second-order valence-corrected chi connectivity index (χ2v) is 4.17. The minimum Gasteiger partial charge on any atom is -0.496 e. The van der Waals surface area contributed by atoms with Crippen LogP contribution in [0.5, 0.6) is 5.75 Å². The van der Waals surface area contributed by atoms with Crippen LogP contribution >= 0.6 is 0 Å². The van der Waals surface area contributed by atoms with Crippen LogP contribution in [0.2, 0.25) is 0 Å². The van der Waals surface area contributed by atoms with Crippen LogP contribution in [-0.2, 0) is 4.74 Å². The van der Waals surface area contributed by atoms with Gasteiger partial charge in [0.05, 0.1) is 19.9 Å². The van der Waals surface area contributed by atoms with Gasteiger partial charge in [0.15, 0.2) is 0 Å². The topological polar surface area (TPSA) is 78.6 Å². The molecule has 0 aliphatic carbocycles. The Hall–Kier alpha value is -2.96. The second kappa shape index (κ2) is 5.20. The molecule has 2 aromatic heterocycles. The molecule has 0 atom stereocenters. The minimum absolute atomic E-state index is 0.0349. The van der Waals surface area contributed by atoms with E-state index in [0.29, 0.717) is 11.5 Å². The lowest BCUT2D eigenvalue weighted by Gasteiger charge is -2.08. The molecule has 0 fully saturated rings. The molecule has 7 nitrogen and oxygen atoms in total. The van der Waals surface area contributed by atoms with Gasteiger partial charge in [-0.25, -0.2) is 9.78 Å². The highest BCUT2D eigenvalue weighted by Crippen LogP contribution is 2.29. The zero-order valence-corrected chi connectivity index (χ0v) is 11.5. The van der Waals surface area contributed by atoms with Crippen molar-refractivity contribution >= 4 is 11.7 Å². The molecular formula is C14H12N4O3. The lowest BCUT2D eigenvalue weighted by atomic mass is 10.1. The molecule has 3 aromatic rings. The average Bonchev–Trinajstić information content (AvgIpc) is 2.98. The maximum atomic E-state index is 11.5. The van der Waals surface area contributed by atoms with Gasteiger partial charge in [-0.15, -0.1) is 5.10 Å². The summed E-state index contributed by atoms with van der Waals surface area (Å²) in [5.41, 5.74) is 1.55. The largest absolute Gasteiger partial charge is 0.496 e. The smallest absolute Gasteiger partial charge is 0.378 e. The van der Waals surface area contributed by atoms with Gasteiger partial charge in [-0.2, -0.15) is 9.50 Å². The van der Waals surface area contributed by atoms with Crippen molar-refractivity contribution in [3.63, 3.8) is 0 Å². The zero-order chi connectivity index (χ0) is 14.8. The Morgan fingerprint density at radius 2 is 2.00 bits per heavy atom. The Morgan fingerprint density at radius 1 is 1.19 bits per heavy atom. The molecule has 0 amide bonds. The van der Waals surface area contributed by atoms with Crippen molar-refractivity contribution in [3.8, 4) is 17.0 Å². The summed E-state index contributed by atoms with van der Waals surface area (Å²) in [5, 5.41) is 4.15. The van der Waals surface area contributed by atoms with Crippen molar-refractivity contribution in [1.82, 2.24) is 19.6 Å². The number of carbonyl (C=O) groups excluding carboxylic acids is 1. The minimum atomic E-state index is -0.605. The van der Waals surface area contributed by atoms with Crippen LogP contribution in [-0.4, -0.2) is 39.8 Å². The first-order valence-corrected chi connectivity index (χ1v) is 6.18. The van der Waals surface area contributed by atoms with E-state index in [1.54, 1.807) is 19.4 Å². The highest BCUT2D eigenvalue weighted by Gasteiger charge is 2.17. The van der Waals surface area contributed by atoms with Crippen LogP contribution in [0.4, 0.5) is 0 Å². The molecule has 0 spiro atoms. The fourth-order valence-electron chi connectivity index (χ4n) is 2.03. The highest BCUT2D eigenvalue weighted by molar-refractivity contribution is 5.85. The van der Waals surface area contributed by atoms with Gasteiger partial charge < -0.3 is 9.47 Å². The van der Waals surface area contributed by atoms with E-state index >= 15 is 0 Å². The summed E-state index contributed by atoms with van der Waals surface area (Å²) in [6, 6.07) is 9.29. The first-order chi connectivity index (χ1) is 10.2. The molecule has 0 radical (unpaired) electrons. The summed E-state index contributed by atoms with van der Waals surface area (Å²) in [6.45, 7) is 0. The average molecular weight is 284 g/mol. The molecule has 0 unspecified atom stereocenters. The van der Waals surface area contributed by atoms with Crippen LogP contribution in [0.25, 0.3) is 17.0 Å². The summed E-state index contributed by atoms with van der Waals surface area (Å²) in [6.07, 6.45) is 1.60. The molecule has 2 heterocycles. The number of methoxy groups -OCH3 is 2. The molecular weight excluding hydrogens is 272 g/mol. The molecule has 21 heavy (non-hydrogen) atoms. The van der Waals surface area contributed by atoms with Crippen LogP contribution in [0.3, 0.4) is 0 Å². The Balaban J connectivity index is 2.23. The monoisotopic (exact) mass is 284 g/mol. The molecule has 0 N–H and O–H groups in total. The van der Waals surface area contributed by atoms with Gasteiger partial charge in [0.2, 0.25) is 0 Å². The number of fused-ring (bicyclic) bond motifs is 1. The van der Waals surface area contributed by atoms with E-state index in [0.717, 1.165) is 11.3 Å². The maximum absolute atomic E-state index is 11.5. The molecule has 0 bridgehead atoms. The second-order valence-electron chi connectivity index (χ2n) is 4.17.